The Labute approximate surface area is 190 Å². The first-order valence-electron chi connectivity index (χ1n) is 9.95. The van der Waals surface area contributed by atoms with Crippen LogP contribution in [-0.4, -0.2) is 10.9 Å². The highest BCUT2D eigenvalue weighted by Gasteiger charge is 2.06. The SMILES string of the molecule is CCc1ccc2nc(NC(=O)/C=C/c3ccc(OCc4ccccc4Cl)cc3)sc2c1. The van der Waals surface area contributed by atoms with Crippen molar-refractivity contribution < 1.29 is 9.53 Å². The average Bonchev–Trinajstić information content (AvgIpc) is 3.19. The number of rotatable bonds is 7. The van der Waals surface area contributed by atoms with Crippen LogP contribution in [0.4, 0.5) is 5.13 Å². The van der Waals surface area contributed by atoms with Crippen molar-refractivity contribution in [3.63, 3.8) is 0 Å². The minimum atomic E-state index is -0.214. The average molecular weight is 449 g/mol. The van der Waals surface area contributed by atoms with E-state index in [2.05, 4.69) is 29.4 Å². The van der Waals surface area contributed by atoms with Gasteiger partial charge >= 0.3 is 0 Å². The molecule has 0 aliphatic rings. The third kappa shape index (κ3) is 5.51. The minimum Gasteiger partial charge on any atom is -0.489 e. The van der Waals surface area contributed by atoms with E-state index < -0.39 is 0 Å². The number of amides is 1. The molecule has 0 saturated heterocycles. The monoisotopic (exact) mass is 448 g/mol. The van der Waals surface area contributed by atoms with Gasteiger partial charge < -0.3 is 4.74 Å². The van der Waals surface area contributed by atoms with Gasteiger partial charge in [-0.2, -0.15) is 0 Å². The molecule has 6 heteroatoms. The Bertz CT molecular complexity index is 1230. The Morgan fingerprint density at radius 1 is 1.13 bits per heavy atom. The highest BCUT2D eigenvalue weighted by atomic mass is 35.5. The van der Waals surface area contributed by atoms with Crippen molar-refractivity contribution in [3.8, 4) is 5.75 Å². The van der Waals surface area contributed by atoms with Crippen molar-refractivity contribution in [2.75, 3.05) is 5.32 Å². The summed E-state index contributed by atoms with van der Waals surface area (Å²) in [5, 5.41) is 4.12. The summed E-state index contributed by atoms with van der Waals surface area (Å²) in [6.45, 7) is 2.52. The summed E-state index contributed by atoms with van der Waals surface area (Å²) >= 11 is 7.63. The van der Waals surface area contributed by atoms with E-state index in [-0.39, 0.29) is 5.91 Å². The standard InChI is InChI=1S/C25H21ClN2O2S/c1-2-17-9-13-22-23(15-17)31-25(27-22)28-24(29)14-10-18-7-11-20(12-8-18)30-16-19-5-3-4-6-21(19)26/h3-15H,2,16H2,1H3,(H,27,28,29)/b14-10+. The number of anilines is 1. The van der Waals surface area contributed by atoms with E-state index in [4.69, 9.17) is 16.3 Å². The zero-order valence-corrected chi connectivity index (χ0v) is 18.5. The van der Waals surface area contributed by atoms with Crippen molar-refractivity contribution in [1.29, 1.82) is 0 Å². The quantitative estimate of drug-likeness (QED) is 0.318. The molecule has 1 heterocycles. The lowest BCUT2D eigenvalue weighted by molar-refractivity contribution is -0.111. The van der Waals surface area contributed by atoms with Gasteiger partial charge in [0.25, 0.3) is 0 Å². The molecule has 0 radical (unpaired) electrons. The number of carbonyl (C=O) groups excluding carboxylic acids is 1. The van der Waals surface area contributed by atoms with Crippen LogP contribution in [0.3, 0.4) is 0 Å². The molecule has 0 aliphatic carbocycles. The summed E-state index contributed by atoms with van der Waals surface area (Å²) in [6, 6.07) is 21.3. The predicted molar refractivity (Wildman–Crippen MR) is 129 cm³/mol. The molecular formula is C25H21ClN2O2S. The van der Waals surface area contributed by atoms with Crippen LogP contribution in [0.15, 0.2) is 72.8 Å². The fraction of sp³-hybridized carbons (Fsp3) is 0.120. The number of hydrogen-bond acceptors (Lipinski definition) is 4. The molecule has 0 atom stereocenters. The Morgan fingerprint density at radius 2 is 1.94 bits per heavy atom. The number of aryl methyl sites for hydroxylation is 1. The number of ether oxygens (including phenoxy) is 1. The molecule has 156 valence electrons. The van der Waals surface area contributed by atoms with E-state index in [1.165, 1.54) is 23.0 Å². The van der Waals surface area contributed by atoms with E-state index in [0.717, 1.165) is 33.5 Å². The first kappa shape index (κ1) is 21.1. The molecule has 1 N–H and O–H groups in total. The maximum Gasteiger partial charge on any atom is 0.250 e. The summed E-state index contributed by atoms with van der Waals surface area (Å²) < 4.78 is 6.86. The number of carbonyl (C=O) groups is 1. The van der Waals surface area contributed by atoms with Gasteiger partial charge in [0.15, 0.2) is 5.13 Å². The number of halogens is 1. The molecular weight excluding hydrogens is 428 g/mol. The van der Waals surface area contributed by atoms with Gasteiger partial charge in [0.05, 0.1) is 10.2 Å². The van der Waals surface area contributed by atoms with E-state index in [1.54, 1.807) is 6.08 Å². The Kier molecular flexibility index (Phi) is 6.65. The van der Waals surface area contributed by atoms with Crippen LogP contribution < -0.4 is 10.1 Å². The van der Waals surface area contributed by atoms with Gasteiger partial charge in [-0.15, -0.1) is 0 Å². The van der Waals surface area contributed by atoms with Crippen LogP contribution in [0.5, 0.6) is 5.75 Å². The van der Waals surface area contributed by atoms with Crippen LogP contribution in [-0.2, 0) is 17.8 Å². The molecule has 1 aromatic heterocycles. The number of aromatic nitrogens is 1. The van der Waals surface area contributed by atoms with E-state index in [9.17, 15) is 4.79 Å². The maximum absolute atomic E-state index is 12.3. The molecule has 1 amide bonds. The fourth-order valence-electron chi connectivity index (χ4n) is 3.01. The van der Waals surface area contributed by atoms with E-state index >= 15 is 0 Å². The summed E-state index contributed by atoms with van der Waals surface area (Å²) in [7, 11) is 0. The molecule has 31 heavy (non-hydrogen) atoms. The Hall–Kier alpha value is -3.15. The van der Waals surface area contributed by atoms with E-state index in [0.29, 0.717) is 16.8 Å². The molecule has 0 bridgehead atoms. The van der Waals surface area contributed by atoms with Gasteiger partial charge in [0.2, 0.25) is 5.91 Å². The lowest BCUT2D eigenvalue weighted by Crippen LogP contribution is -2.07. The van der Waals surface area contributed by atoms with Crippen molar-refractivity contribution in [2.24, 2.45) is 0 Å². The topological polar surface area (TPSA) is 51.2 Å². The molecule has 0 aliphatic heterocycles. The molecule has 0 fully saturated rings. The molecule has 0 spiro atoms. The number of nitrogens with zero attached hydrogens (tertiary/aromatic N) is 1. The highest BCUT2D eigenvalue weighted by molar-refractivity contribution is 7.22. The summed E-state index contributed by atoms with van der Waals surface area (Å²) in [4.78, 5) is 16.7. The van der Waals surface area contributed by atoms with Gasteiger partial charge in [-0.3, -0.25) is 10.1 Å². The number of hydrogen-bond donors (Lipinski definition) is 1. The van der Waals surface area contributed by atoms with Crippen molar-refractivity contribution >= 4 is 50.3 Å². The smallest absolute Gasteiger partial charge is 0.250 e. The van der Waals surface area contributed by atoms with E-state index in [1.807, 2.05) is 54.6 Å². The van der Waals surface area contributed by atoms with Crippen LogP contribution in [0.1, 0.15) is 23.6 Å². The lowest BCUT2D eigenvalue weighted by Gasteiger charge is -2.07. The van der Waals surface area contributed by atoms with Gasteiger partial charge in [0, 0.05) is 16.7 Å². The normalized spacial score (nSPS) is 11.2. The third-order valence-corrected chi connectivity index (χ3v) is 6.05. The zero-order chi connectivity index (χ0) is 21.6. The number of nitrogens with one attached hydrogen (secondary N) is 1. The van der Waals surface area contributed by atoms with Crippen LogP contribution in [0.2, 0.25) is 5.02 Å². The zero-order valence-electron chi connectivity index (χ0n) is 17.0. The van der Waals surface area contributed by atoms with Gasteiger partial charge in [-0.05, 0) is 54.0 Å². The van der Waals surface area contributed by atoms with Crippen molar-refractivity contribution in [1.82, 2.24) is 4.98 Å². The van der Waals surface area contributed by atoms with Crippen molar-refractivity contribution in [3.05, 3.63) is 94.5 Å². The van der Waals surface area contributed by atoms with Crippen molar-refractivity contribution in [2.45, 2.75) is 20.0 Å². The summed E-state index contributed by atoms with van der Waals surface area (Å²) in [5.41, 5.74) is 3.99. The first-order chi connectivity index (χ1) is 15.1. The molecule has 0 saturated carbocycles. The summed E-state index contributed by atoms with van der Waals surface area (Å²) in [6.07, 6.45) is 4.24. The van der Waals surface area contributed by atoms with Gasteiger partial charge in [0.1, 0.15) is 12.4 Å². The summed E-state index contributed by atoms with van der Waals surface area (Å²) in [5.74, 6) is 0.524. The molecule has 4 nitrogen and oxygen atoms in total. The first-order valence-corrected chi connectivity index (χ1v) is 11.1. The van der Waals surface area contributed by atoms with Gasteiger partial charge in [-0.1, -0.05) is 66.3 Å². The molecule has 4 rings (SSSR count). The maximum atomic E-state index is 12.3. The molecule has 0 unspecified atom stereocenters. The third-order valence-electron chi connectivity index (χ3n) is 4.75. The van der Waals surface area contributed by atoms with Crippen LogP contribution >= 0.6 is 22.9 Å². The predicted octanol–water partition coefficient (Wildman–Crippen LogP) is 6.74. The molecule has 4 aromatic rings. The number of fused-ring (bicyclic) bond motifs is 1. The second-order valence-corrected chi connectivity index (χ2v) is 8.38. The second kappa shape index (κ2) is 9.77. The number of benzene rings is 3. The number of thiazole rings is 1. The Balaban J connectivity index is 1.33. The largest absolute Gasteiger partial charge is 0.489 e. The van der Waals surface area contributed by atoms with Gasteiger partial charge in [-0.25, -0.2) is 4.98 Å². The second-order valence-electron chi connectivity index (χ2n) is 6.95. The Morgan fingerprint density at radius 3 is 2.71 bits per heavy atom. The van der Waals surface area contributed by atoms with Crippen LogP contribution in [0.25, 0.3) is 16.3 Å². The highest BCUT2D eigenvalue weighted by Crippen LogP contribution is 2.27. The molecule has 3 aromatic carbocycles. The minimum absolute atomic E-state index is 0.214. The lowest BCUT2D eigenvalue weighted by atomic mass is 10.2. The fourth-order valence-corrected chi connectivity index (χ4v) is 4.14. The van der Waals surface area contributed by atoms with Crippen LogP contribution in [0, 0.1) is 0 Å².